The van der Waals surface area contributed by atoms with Gasteiger partial charge in [-0.3, -0.25) is 9.69 Å². The van der Waals surface area contributed by atoms with E-state index in [0.29, 0.717) is 31.0 Å². The Morgan fingerprint density at radius 1 is 1.00 bits per heavy atom. The number of sulfonamides is 1. The first-order valence-electron chi connectivity index (χ1n) is 8.67. The van der Waals surface area contributed by atoms with Crippen molar-refractivity contribution in [1.82, 2.24) is 9.21 Å². The molecule has 0 saturated carbocycles. The fourth-order valence-electron chi connectivity index (χ4n) is 3.89. The SMILES string of the molecule is NC(=O)C1(N2CCCCC2)CCN(S(=O)(=O)c2ccc(Cl)cc2)CC1. The molecule has 0 spiro atoms. The smallest absolute Gasteiger partial charge is 0.243 e. The van der Waals surface area contributed by atoms with Crippen molar-refractivity contribution < 1.29 is 13.2 Å². The first-order chi connectivity index (χ1) is 11.9. The first kappa shape index (κ1) is 18.6. The molecule has 3 rings (SSSR count). The summed E-state index contributed by atoms with van der Waals surface area (Å²) < 4.78 is 27.1. The van der Waals surface area contributed by atoms with Gasteiger partial charge in [0.05, 0.1) is 4.90 Å². The van der Waals surface area contributed by atoms with Crippen LogP contribution in [0.3, 0.4) is 0 Å². The van der Waals surface area contributed by atoms with E-state index in [2.05, 4.69) is 4.90 Å². The number of amides is 1. The minimum Gasteiger partial charge on any atom is -0.368 e. The van der Waals surface area contributed by atoms with E-state index in [9.17, 15) is 13.2 Å². The molecule has 1 amide bonds. The highest BCUT2D eigenvalue weighted by atomic mass is 35.5. The maximum Gasteiger partial charge on any atom is 0.243 e. The number of piperidine rings is 2. The number of hydrogen-bond donors (Lipinski definition) is 1. The molecule has 2 fully saturated rings. The van der Waals surface area contributed by atoms with E-state index >= 15 is 0 Å². The number of carbonyl (C=O) groups is 1. The summed E-state index contributed by atoms with van der Waals surface area (Å²) in [6, 6.07) is 6.16. The molecule has 2 heterocycles. The van der Waals surface area contributed by atoms with Gasteiger partial charge in [0.25, 0.3) is 0 Å². The highest BCUT2D eigenvalue weighted by Crippen LogP contribution is 2.33. The summed E-state index contributed by atoms with van der Waals surface area (Å²) in [5, 5.41) is 0.496. The van der Waals surface area contributed by atoms with Crippen molar-refractivity contribution in [3.05, 3.63) is 29.3 Å². The molecule has 0 aromatic heterocycles. The molecule has 0 atom stereocenters. The molecule has 138 valence electrons. The number of nitrogens with two attached hydrogens (primary N) is 1. The summed E-state index contributed by atoms with van der Waals surface area (Å²) in [6.45, 7) is 2.30. The largest absolute Gasteiger partial charge is 0.368 e. The van der Waals surface area contributed by atoms with Crippen LogP contribution in [0.5, 0.6) is 0 Å². The molecular formula is C17H24ClN3O3S. The number of hydrogen-bond acceptors (Lipinski definition) is 4. The second-order valence-electron chi connectivity index (χ2n) is 6.80. The van der Waals surface area contributed by atoms with Gasteiger partial charge in [0, 0.05) is 18.1 Å². The number of likely N-dealkylation sites (tertiary alicyclic amines) is 1. The molecule has 2 aliphatic rings. The molecule has 1 aromatic rings. The average molecular weight is 386 g/mol. The zero-order chi connectivity index (χ0) is 18.1. The lowest BCUT2D eigenvalue weighted by molar-refractivity contribution is -0.134. The quantitative estimate of drug-likeness (QED) is 0.857. The maximum absolute atomic E-state index is 12.8. The first-order valence-corrected chi connectivity index (χ1v) is 10.5. The third kappa shape index (κ3) is 3.56. The fraction of sp³-hybridized carbons (Fsp3) is 0.588. The second-order valence-corrected chi connectivity index (χ2v) is 9.18. The van der Waals surface area contributed by atoms with E-state index < -0.39 is 15.6 Å². The lowest BCUT2D eigenvalue weighted by Crippen LogP contribution is -2.63. The molecule has 0 unspecified atom stereocenters. The van der Waals surface area contributed by atoms with Crippen molar-refractivity contribution in [2.75, 3.05) is 26.2 Å². The number of rotatable bonds is 4. The number of benzene rings is 1. The normalized spacial score (nSPS) is 22.6. The highest BCUT2D eigenvalue weighted by Gasteiger charge is 2.46. The van der Waals surface area contributed by atoms with Crippen LogP contribution in [0.2, 0.25) is 5.02 Å². The molecule has 0 aliphatic carbocycles. The molecule has 1 aromatic carbocycles. The topological polar surface area (TPSA) is 83.7 Å². The zero-order valence-corrected chi connectivity index (χ0v) is 15.7. The summed E-state index contributed by atoms with van der Waals surface area (Å²) in [5.41, 5.74) is 5.04. The third-order valence-corrected chi connectivity index (χ3v) is 7.59. The van der Waals surface area contributed by atoms with Crippen molar-refractivity contribution in [3.8, 4) is 0 Å². The average Bonchev–Trinajstić information content (AvgIpc) is 2.62. The van der Waals surface area contributed by atoms with Crippen LogP contribution in [0.1, 0.15) is 32.1 Å². The third-order valence-electron chi connectivity index (χ3n) is 5.42. The molecule has 8 heteroatoms. The van der Waals surface area contributed by atoms with Crippen molar-refractivity contribution in [2.24, 2.45) is 5.73 Å². The van der Waals surface area contributed by atoms with Crippen molar-refractivity contribution >= 4 is 27.5 Å². The lowest BCUT2D eigenvalue weighted by Gasteiger charge is -2.47. The Kier molecular flexibility index (Phi) is 5.39. The highest BCUT2D eigenvalue weighted by molar-refractivity contribution is 7.89. The van der Waals surface area contributed by atoms with Gasteiger partial charge in [0.2, 0.25) is 15.9 Å². The minimum atomic E-state index is -3.58. The van der Waals surface area contributed by atoms with Crippen LogP contribution >= 0.6 is 11.6 Å². The van der Waals surface area contributed by atoms with E-state index in [1.165, 1.54) is 22.9 Å². The van der Waals surface area contributed by atoms with Crippen LogP contribution in [0.25, 0.3) is 0 Å². The Hall–Kier alpha value is -1.15. The van der Waals surface area contributed by atoms with Crippen LogP contribution in [-0.4, -0.2) is 55.2 Å². The summed E-state index contributed by atoms with van der Waals surface area (Å²) in [6.07, 6.45) is 4.16. The van der Waals surface area contributed by atoms with Gasteiger partial charge < -0.3 is 5.73 Å². The fourth-order valence-corrected chi connectivity index (χ4v) is 5.46. The van der Waals surface area contributed by atoms with Gasteiger partial charge in [-0.05, 0) is 63.0 Å². The second kappa shape index (κ2) is 7.23. The zero-order valence-electron chi connectivity index (χ0n) is 14.2. The van der Waals surface area contributed by atoms with Gasteiger partial charge in [-0.2, -0.15) is 4.31 Å². The predicted octanol–water partition coefficient (Wildman–Crippen LogP) is 1.83. The number of carbonyl (C=O) groups excluding carboxylic acids is 1. The van der Waals surface area contributed by atoms with Gasteiger partial charge in [0.15, 0.2) is 0 Å². The van der Waals surface area contributed by atoms with E-state index in [4.69, 9.17) is 17.3 Å². The summed E-state index contributed by atoms with van der Waals surface area (Å²) >= 11 is 5.84. The summed E-state index contributed by atoms with van der Waals surface area (Å²) in [4.78, 5) is 14.6. The Morgan fingerprint density at radius 3 is 2.08 bits per heavy atom. The van der Waals surface area contributed by atoms with Crippen LogP contribution in [0, 0.1) is 0 Å². The van der Waals surface area contributed by atoms with Crippen molar-refractivity contribution in [3.63, 3.8) is 0 Å². The molecule has 6 nitrogen and oxygen atoms in total. The lowest BCUT2D eigenvalue weighted by atomic mass is 9.84. The maximum atomic E-state index is 12.8. The summed E-state index contributed by atoms with van der Waals surface area (Å²) in [7, 11) is -3.58. The van der Waals surface area contributed by atoms with Gasteiger partial charge in [-0.15, -0.1) is 0 Å². The van der Waals surface area contributed by atoms with Gasteiger partial charge in [-0.1, -0.05) is 18.0 Å². The Balaban J connectivity index is 1.77. The van der Waals surface area contributed by atoms with Crippen LogP contribution < -0.4 is 5.73 Å². The molecule has 2 saturated heterocycles. The minimum absolute atomic E-state index is 0.224. The van der Waals surface area contributed by atoms with E-state index in [1.54, 1.807) is 12.1 Å². The number of primary amides is 1. The number of nitrogens with zero attached hydrogens (tertiary/aromatic N) is 2. The predicted molar refractivity (Wildman–Crippen MR) is 96.8 cm³/mol. The van der Waals surface area contributed by atoms with Crippen molar-refractivity contribution in [1.29, 1.82) is 0 Å². The van der Waals surface area contributed by atoms with Gasteiger partial charge >= 0.3 is 0 Å². The summed E-state index contributed by atoms with van der Waals surface area (Å²) in [5.74, 6) is -0.335. The number of halogens is 1. The van der Waals surface area contributed by atoms with E-state index in [1.807, 2.05) is 0 Å². The van der Waals surface area contributed by atoms with Crippen LogP contribution in [0.15, 0.2) is 29.2 Å². The Bertz CT molecular complexity index is 722. The molecule has 0 bridgehead atoms. The molecule has 25 heavy (non-hydrogen) atoms. The van der Waals surface area contributed by atoms with Crippen molar-refractivity contribution in [2.45, 2.75) is 42.5 Å². The van der Waals surface area contributed by atoms with E-state index in [-0.39, 0.29) is 10.8 Å². The molecule has 0 radical (unpaired) electrons. The van der Waals surface area contributed by atoms with Gasteiger partial charge in [-0.25, -0.2) is 8.42 Å². The van der Waals surface area contributed by atoms with Crippen LogP contribution in [0.4, 0.5) is 0 Å². The van der Waals surface area contributed by atoms with Gasteiger partial charge in [0.1, 0.15) is 5.54 Å². The van der Waals surface area contributed by atoms with E-state index in [0.717, 1.165) is 25.9 Å². The standard InChI is InChI=1S/C17H24ClN3O3S/c18-14-4-6-15(7-5-14)25(23,24)21-12-8-17(9-13-21,16(19)22)20-10-2-1-3-11-20/h4-7H,1-3,8-13H2,(H2,19,22). The molecular weight excluding hydrogens is 362 g/mol. The monoisotopic (exact) mass is 385 g/mol. The Labute approximate surface area is 154 Å². The molecule has 2 N–H and O–H groups in total. The molecule has 2 aliphatic heterocycles. The Morgan fingerprint density at radius 2 is 1.56 bits per heavy atom. The van der Waals surface area contributed by atoms with Crippen LogP contribution in [-0.2, 0) is 14.8 Å².